The third kappa shape index (κ3) is 3.67. The Balaban J connectivity index is 1.55. The predicted octanol–water partition coefficient (Wildman–Crippen LogP) is 6.81. The van der Waals surface area contributed by atoms with Crippen LogP contribution in [0.1, 0.15) is 72.1 Å². The topological polar surface area (TPSA) is 30.8 Å². The van der Waals surface area contributed by atoms with E-state index in [1.807, 2.05) is 0 Å². The van der Waals surface area contributed by atoms with E-state index in [0.717, 1.165) is 17.8 Å². The SMILES string of the molecule is CO/N=C(\C)[C@H]1CC[C@H]2[C@@H]3CC=C4CC(O[Si](C)(C)C)CC[C@]4(C)[C@H]3CC[C@]12C. The summed E-state index contributed by atoms with van der Waals surface area (Å²) in [4.78, 5) is 5.15. The van der Waals surface area contributed by atoms with Gasteiger partial charge in [0.25, 0.3) is 0 Å². The van der Waals surface area contributed by atoms with Crippen molar-refractivity contribution in [3.05, 3.63) is 11.6 Å². The average molecular weight is 418 g/mol. The molecule has 0 aliphatic heterocycles. The highest BCUT2D eigenvalue weighted by Crippen LogP contribution is 2.66. The number of nitrogens with zero attached hydrogens (tertiary/aromatic N) is 1. The number of hydrogen-bond donors (Lipinski definition) is 0. The first-order valence-electron chi connectivity index (χ1n) is 12.0. The lowest BCUT2D eigenvalue weighted by Gasteiger charge is -2.58. The molecule has 0 N–H and O–H groups in total. The van der Waals surface area contributed by atoms with Gasteiger partial charge in [-0.3, -0.25) is 0 Å². The van der Waals surface area contributed by atoms with Gasteiger partial charge >= 0.3 is 0 Å². The van der Waals surface area contributed by atoms with Gasteiger partial charge in [-0.25, -0.2) is 0 Å². The smallest absolute Gasteiger partial charge is 0.184 e. The molecule has 4 aliphatic rings. The fourth-order valence-corrected chi connectivity index (χ4v) is 9.32. The monoisotopic (exact) mass is 417 g/mol. The minimum atomic E-state index is -1.46. The molecule has 3 saturated carbocycles. The molecule has 4 rings (SSSR count). The molecule has 3 nitrogen and oxygen atoms in total. The molecule has 4 aliphatic carbocycles. The summed E-state index contributed by atoms with van der Waals surface area (Å²) in [5, 5.41) is 4.36. The average Bonchev–Trinajstić information content (AvgIpc) is 2.98. The first-order valence-corrected chi connectivity index (χ1v) is 15.4. The Morgan fingerprint density at radius 1 is 1.07 bits per heavy atom. The van der Waals surface area contributed by atoms with Gasteiger partial charge in [0, 0.05) is 12.0 Å². The van der Waals surface area contributed by atoms with E-state index in [0.29, 0.717) is 22.9 Å². The second-order valence-electron chi connectivity index (χ2n) is 11.9. The molecule has 0 bridgehead atoms. The second kappa shape index (κ2) is 7.51. The first-order chi connectivity index (χ1) is 13.6. The largest absolute Gasteiger partial charge is 0.414 e. The lowest BCUT2D eigenvalue weighted by molar-refractivity contribution is -0.0412. The molecule has 29 heavy (non-hydrogen) atoms. The molecule has 4 heteroatoms. The number of oxime groups is 1. The van der Waals surface area contributed by atoms with Gasteiger partial charge in [-0.15, -0.1) is 0 Å². The van der Waals surface area contributed by atoms with Crippen LogP contribution in [0.4, 0.5) is 0 Å². The first kappa shape index (κ1) is 21.6. The van der Waals surface area contributed by atoms with Crippen molar-refractivity contribution in [2.75, 3.05) is 7.11 Å². The normalized spacial score (nSPS) is 45.1. The van der Waals surface area contributed by atoms with E-state index in [2.05, 4.69) is 51.6 Å². The summed E-state index contributed by atoms with van der Waals surface area (Å²) in [6.07, 6.45) is 13.6. The Kier molecular flexibility index (Phi) is 5.60. The molecule has 7 atom stereocenters. The van der Waals surface area contributed by atoms with Gasteiger partial charge in [0.05, 0.1) is 5.71 Å². The van der Waals surface area contributed by atoms with Gasteiger partial charge in [0.15, 0.2) is 8.32 Å². The molecular weight excluding hydrogens is 374 g/mol. The molecule has 0 radical (unpaired) electrons. The van der Waals surface area contributed by atoms with Crippen molar-refractivity contribution in [3.63, 3.8) is 0 Å². The van der Waals surface area contributed by atoms with Crippen molar-refractivity contribution >= 4 is 14.0 Å². The maximum atomic E-state index is 6.53. The minimum absolute atomic E-state index is 0.410. The van der Waals surface area contributed by atoms with Gasteiger partial charge in [0.1, 0.15) is 7.11 Å². The molecule has 0 amide bonds. The predicted molar refractivity (Wildman–Crippen MR) is 124 cm³/mol. The molecule has 0 heterocycles. The maximum Gasteiger partial charge on any atom is 0.184 e. The van der Waals surface area contributed by atoms with Crippen LogP contribution in [0.3, 0.4) is 0 Å². The van der Waals surface area contributed by atoms with Crippen LogP contribution in [0.15, 0.2) is 16.8 Å². The molecular formula is C25H43NO2Si. The fourth-order valence-electron chi connectivity index (χ4n) is 8.12. The van der Waals surface area contributed by atoms with E-state index in [1.165, 1.54) is 57.1 Å². The van der Waals surface area contributed by atoms with E-state index in [1.54, 1.807) is 12.7 Å². The second-order valence-corrected chi connectivity index (χ2v) is 16.4. The minimum Gasteiger partial charge on any atom is -0.414 e. The summed E-state index contributed by atoms with van der Waals surface area (Å²) >= 11 is 0. The number of hydrogen-bond acceptors (Lipinski definition) is 3. The highest BCUT2D eigenvalue weighted by atomic mass is 28.4. The Morgan fingerprint density at radius 2 is 1.83 bits per heavy atom. The standard InChI is InChI=1S/C25H43NO2Si/c1-17(26-27-4)21-10-11-22-20-9-8-18-16-19(28-29(5,6)7)12-14-24(18,2)23(20)13-15-25(21,22)3/h8,19-23H,9-16H2,1-7H3/b26-17+/t19?,20-,21+,22-,23-,24-,25+/m0/s1. The number of allylic oxidation sites excluding steroid dienone is 1. The summed E-state index contributed by atoms with van der Waals surface area (Å²) in [6, 6.07) is 0. The zero-order chi connectivity index (χ0) is 21.0. The van der Waals surface area contributed by atoms with Gasteiger partial charge < -0.3 is 9.26 Å². The Hall–Kier alpha value is -0.613. The van der Waals surface area contributed by atoms with Crippen molar-refractivity contribution in [2.24, 2.45) is 39.7 Å². The lowest BCUT2D eigenvalue weighted by Crippen LogP contribution is -2.51. The maximum absolute atomic E-state index is 6.53. The molecule has 0 aromatic rings. The van der Waals surface area contributed by atoms with Gasteiger partial charge in [-0.05, 0) is 107 Å². The van der Waals surface area contributed by atoms with Crippen molar-refractivity contribution in [1.29, 1.82) is 0 Å². The van der Waals surface area contributed by atoms with Gasteiger partial charge in [0.2, 0.25) is 0 Å². The zero-order valence-corrected chi connectivity index (χ0v) is 20.9. The third-order valence-corrected chi connectivity index (χ3v) is 10.4. The van der Waals surface area contributed by atoms with Crippen LogP contribution in [0.25, 0.3) is 0 Å². The van der Waals surface area contributed by atoms with Crippen LogP contribution < -0.4 is 0 Å². The van der Waals surface area contributed by atoms with Crippen LogP contribution in [-0.4, -0.2) is 27.2 Å². The van der Waals surface area contributed by atoms with Crippen LogP contribution in [0.2, 0.25) is 19.6 Å². The quantitative estimate of drug-likeness (QED) is 0.218. The van der Waals surface area contributed by atoms with Crippen LogP contribution in [0.5, 0.6) is 0 Å². The molecule has 3 fully saturated rings. The molecule has 164 valence electrons. The van der Waals surface area contributed by atoms with Gasteiger partial charge in [-0.2, -0.15) is 0 Å². The fraction of sp³-hybridized carbons (Fsp3) is 0.880. The third-order valence-electron chi connectivity index (χ3n) is 9.32. The van der Waals surface area contributed by atoms with E-state index in [9.17, 15) is 0 Å². The van der Waals surface area contributed by atoms with Crippen molar-refractivity contribution in [3.8, 4) is 0 Å². The summed E-state index contributed by atoms with van der Waals surface area (Å²) in [5.74, 6) is 3.18. The Labute approximate surface area is 179 Å². The Bertz CT molecular complexity index is 695. The summed E-state index contributed by atoms with van der Waals surface area (Å²) < 4.78 is 6.53. The van der Waals surface area contributed by atoms with E-state index in [4.69, 9.17) is 9.26 Å². The summed E-state index contributed by atoms with van der Waals surface area (Å²) in [7, 11) is 0.224. The molecule has 0 saturated heterocycles. The van der Waals surface area contributed by atoms with E-state index >= 15 is 0 Å². The molecule has 1 unspecified atom stereocenters. The highest BCUT2D eigenvalue weighted by Gasteiger charge is 2.59. The number of rotatable bonds is 4. The van der Waals surface area contributed by atoms with Gasteiger partial charge in [-0.1, -0.05) is 30.7 Å². The molecule has 0 spiro atoms. The Morgan fingerprint density at radius 3 is 2.52 bits per heavy atom. The highest BCUT2D eigenvalue weighted by molar-refractivity contribution is 6.69. The summed E-state index contributed by atoms with van der Waals surface area (Å²) in [6.45, 7) is 14.4. The van der Waals surface area contributed by atoms with Crippen LogP contribution in [-0.2, 0) is 9.26 Å². The number of fused-ring (bicyclic) bond motifs is 5. The summed E-state index contributed by atoms with van der Waals surface area (Å²) in [5.41, 5.74) is 3.78. The van der Waals surface area contributed by atoms with Crippen molar-refractivity contribution in [2.45, 2.75) is 97.9 Å². The van der Waals surface area contributed by atoms with Crippen LogP contribution >= 0.6 is 0 Å². The van der Waals surface area contributed by atoms with E-state index < -0.39 is 8.32 Å². The zero-order valence-electron chi connectivity index (χ0n) is 19.9. The van der Waals surface area contributed by atoms with E-state index in [-0.39, 0.29) is 0 Å². The molecule has 0 aromatic heterocycles. The van der Waals surface area contributed by atoms with Crippen LogP contribution in [0, 0.1) is 34.5 Å². The lowest BCUT2D eigenvalue weighted by atomic mass is 9.47. The molecule has 0 aromatic carbocycles. The van der Waals surface area contributed by atoms with Crippen molar-refractivity contribution < 1.29 is 9.26 Å². The van der Waals surface area contributed by atoms with Crippen molar-refractivity contribution in [1.82, 2.24) is 0 Å².